The molecule has 1 unspecified atom stereocenters. The summed E-state index contributed by atoms with van der Waals surface area (Å²) < 4.78 is 2.10. The second-order valence-corrected chi connectivity index (χ2v) is 4.79. The van der Waals surface area contributed by atoms with Crippen LogP contribution in [-0.4, -0.2) is 9.55 Å². The molecule has 0 aliphatic heterocycles. The summed E-state index contributed by atoms with van der Waals surface area (Å²) in [5, 5.41) is 4.19. The molecule has 1 aromatic heterocycles. The summed E-state index contributed by atoms with van der Waals surface area (Å²) >= 11 is 6.20. The van der Waals surface area contributed by atoms with Crippen molar-refractivity contribution in [3.05, 3.63) is 46.7 Å². The van der Waals surface area contributed by atoms with Gasteiger partial charge in [-0.05, 0) is 32.4 Å². The molecule has 0 amide bonds. The molecule has 0 bridgehead atoms. The van der Waals surface area contributed by atoms with E-state index >= 15 is 0 Å². The van der Waals surface area contributed by atoms with Crippen LogP contribution in [0.2, 0.25) is 5.02 Å². The summed E-state index contributed by atoms with van der Waals surface area (Å²) in [7, 11) is 0. The maximum Gasteiger partial charge on any atom is 0.203 e. The lowest BCUT2D eigenvalue weighted by Crippen LogP contribution is -2.11. The topological polar surface area (TPSA) is 29.9 Å². The minimum absolute atomic E-state index is 0.130. The molecule has 0 saturated carbocycles. The standard InChI is InChI=1S/C14H18ClN3/c1-4-18-9-10(2)16-14(18)17-11(3)12-7-5-6-8-13(12)15/h5-9,11H,4H2,1-3H3,(H,16,17). The third kappa shape index (κ3) is 2.67. The van der Waals surface area contributed by atoms with Crippen LogP contribution in [0.5, 0.6) is 0 Å². The summed E-state index contributed by atoms with van der Waals surface area (Å²) in [6.45, 7) is 7.09. The number of aryl methyl sites for hydroxylation is 2. The van der Waals surface area contributed by atoms with Crippen LogP contribution in [0.25, 0.3) is 0 Å². The van der Waals surface area contributed by atoms with Crippen molar-refractivity contribution in [3.8, 4) is 0 Å². The summed E-state index contributed by atoms with van der Waals surface area (Å²) in [4.78, 5) is 4.49. The van der Waals surface area contributed by atoms with Crippen LogP contribution >= 0.6 is 11.6 Å². The van der Waals surface area contributed by atoms with E-state index < -0.39 is 0 Å². The first-order valence-electron chi connectivity index (χ1n) is 6.16. The molecule has 0 radical (unpaired) electrons. The van der Waals surface area contributed by atoms with Crippen LogP contribution in [-0.2, 0) is 6.54 Å². The largest absolute Gasteiger partial charge is 0.349 e. The summed E-state index contributed by atoms with van der Waals surface area (Å²) in [5.41, 5.74) is 2.10. The van der Waals surface area contributed by atoms with Gasteiger partial charge >= 0.3 is 0 Å². The van der Waals surface area contributed by atoms with Gasteiger partial charge < -0.3 is 9.88 Å². The smallest absolute Gasteiger partial charge is 0.203 e. The molecule has 0 fully saturated rings. The van der Waals surface area contributed by atoms with Gasteiger partial charge in [-0.25, -0.2) is 4.98 Å². The average molecular weight is 264 g/mol. The van der Waals surface area contributed by atoms with Crippen LogP contribution in [0.1, 0.15) is 31.1 Å². The molecule has 18 heavy (non-hydrogen) atoms. The molecule has 2 aromatic rings. The van der Waals surface area contributed by atoms with E-state index in [1.54, 1.807) is 0 Å². The van der Waals surface area contributed by atoms with Gasteiger partial charge in [0.2, 0.25) is 5.95 Å². The number of rotatable bonds is 4. The van der Waals surface area contributed by atoms with Crippen LogP contribution < -0.4 is 5.32 Å². The molecule has 1 atom stereocenters. The molecule has 1 aromatic carbocycles. The molecule has 1 heterocycles. The van der Waals surface area contributed by atoms with E-state index in [1.165, 1.54) is 0 Å². The maximum atomic E-state index is 6.20. The highest BCUT2D eigenvalue weighted by molar-refractivity contribution is 6.31. The van der Waals surface area contributed by atoms with Gasteiger partial charge in [-0.2, -0.15) is 0 Å². The highest BCUT2D eigenvalue weighted by atomic mass is 35.5. The molecule has 3 nitrogen and oxygen atoms in total. The second-order valence-electron chi connectivity index (χ2n) is 4.38. The molecular formula is C14H18ClN3. The van der Waals surface area contributed by atoms with Crippen molar-refractivity contribution in [2.24, 2.45) is 0 Å². The lowest BCUT2D eigenvalue weighted by molar-refractivity contribution is 0.744. The highest BCUT2D eigenvalue weighted by Crippen LogP contribution is 2.25. The van der Waals surface area contributed by atoms with E-state index in [0.717, 1.165) is 28.8 Å². The van der Waals surface area contributed by atoms with E-state index in [1.807, 2.05) is 37.4 Å². The zero-order valence-corrected chi connectivity index (χ0v) is 11.7. The summed E-state index contributed by atoms with van der Waals surface area (Å²) in [5.74, 6) is 0.891. The van der Waals surface area contributed by atoms with Gasteiger partial charge in [0.1, 0.15) is 0 Å². The Morgan fingerprint density at radius 2 is 2.11 bits per heavy atom. The van der Waals surface area contributed by atoms with E-state index in [4.69, 9.17) is 11.6 Å². The first-order valence-corrected chi connectivity index (χ1v) is 6.54. The molecule has 0 saturated heterocycles. The van der Waals surface area contributed by atoms with Crippen LogP contribution in [0, 0.1) is 6.92 Å². The van der Waals surface area contributed by atoms with Crippen LogP contribution in [0.3, 0.4) is 0 Å². The molecule has 4 heteroatoms. The lowest BCUT2D eigenvalue weighted by atomic mass is 10.1. The van der Waals surface area contributed by atoms with Crippen molar-refractivity contribution < 1.29 is 0 Å². The number of aromatic nitrogens is 2. The van der Waals surface area contributed by atoms with E-state index in [0.29, 0.717) is 0 Å². The van der Waals surface area contributed by atoms with E-state index in [9.17, 15) is 0 Å². The van der Waals surface area contributed by atoms with Gasteiger partial charge in [0.05, 0.1) is 11.7 Å². The molecule has 0 aliphatic carbocycles. The minimum Gasteiger partial charge on any atom is -0.349 e. The lowest BCUT2D eigenvalue weighted by Gasteiger charge is -2.16. The van der Waals surface area contributed by atoms with Crippen molar-refractivity contribution in [1.29, 1.82) is 0 Å². The van der Waals surface area contributed by atoms with Crippen molar-refractivity contribution >= 4 is 17.5 Å². The number of hydrogen-bond acceptors (Lipinski definition) is 2. The Kier molecular flexibility index (Phi) is 3.92. The number of halogens is 1. The quantitative estimate of drug-likeness (QED) is 0.902. The Morgan fingerprint density at radius 3 is 2.78 bits per heavy atom. The fourth-order valence-electron chi connectivity index (χ4n) is 2.00. The normalized spacial score (nSPS) is 12.4. The predicted molar refractivity (Wildman–Crippen MR) is 76.1 cm³/mol. The molecule has 2 rings (SSSR count). The van der Waals surface area contributed by atoms with Crippen molar-refractivity contribution in [2.75, 3.05) is 5.32 Å². The van der Waals surface area contributed by atoms with E-state index in [-0.39, 0.29) is 6.04 Å². The van der Waals surface area contributed by atoms with Crippen molar-refractivity contribution in [2.45, 2.75) is 33.4 Å². The fraction of sp³-hybridized carbons (Fsp3) is 0.357. The highest BCUT2D eigenvalue weighted by Gasteiger charge is 2.12. The number of nitrogens with one attached hydrogen (secondary N) is 1. The average Bonchev–Trinajstić information content (AvgIpc) is 2.70. The van der Waals surface area contributed by atoms with Gasteiger partial charge in [0, 0.05) is 17.8 Å². The first-order chi connectivity index (χ1) is 8.61. The molecule has 0 spiro atoms. The van der Waals surface area contributed by atoms with Crippen LogP contribution in [0.15, 0.2) is 30.5 Å². The van der Waals surface area contributed by atoms with E-state index in [2.05, 4.69) is 28.7 Å². The third-order valence-electron chi connectivity index (χ3n) is 2.96. The SMILES string of the molecule is CCn1cc(C)nc1NC(C)c1ccccc1Cl. The number of hydrogen-bond donors (Lipinski definition) is 1. The zero-order chi connectivity index (χ0) is 13.1. The number of nitrogens with zero attached hydrogens (tertiary/aromatic N) is 2. The molecular weight excluding hydrogens is 246 g/mol. The Morgan fingerprint density at radius 1 is 1.39 bits per heavy atom. The monoisotopic (exact) mass is 263 g/mol. The molecule has 96 valence electrons. The van der Waals surface area contributed by atoms with Gasteiger partial charge in [-0.1, -0.05) is 29.8 Å². The Labute approximate surface area is 113 Å². The fourth-order valence-corrected chi connectivity index (χ4v) is 2.30. The molecule has 0 aliphatic rings. The Hall–Kier alpha value is -1.48. The number of imidazole rings is 1. The molecule has 1 N–H and O–H groups in total. The number of benzene rings is 1. The van der Waals surface area contributed by atoms with Gasteiger partial charge in [-0.3, -0.25) is 0 Å². The van der Waals surface area contributed by atoms with Crippen LogP contribution in [0.4, 0.5) is 5.95 Å². The zero-order valence-electron chi connectivity index (χ0n) is 10.9. The van der Waals surface area contributed by atoms with Gasteiger partial charge in [-0.15, -0.1) is 0 Å². The summed E-state index contributed by atoms with van der Waals surface area (Å²) in [6.07, 6.45) is 2.04. The third-order valence-corrected chi connectivity index (χ3v) is 3.30. The Bertz CT molecular complexity index is 534. The van der Waals surface area contributed by atoms with Gasteiger partial charge in [0.25, 0.3) is 0 Å². The predicted octanol–water partition coefficient (Wildman–Crippen LogP) is 4.04. The maximum absolute atomic E-state index is 6.20. The number of anilines is 1. The minimum atomic E-state index is 0.130. The Balaban J connectivity index is 2.21. The van der Waals surface area contributed by atoms with Gasteiger partial charge in [0.15, 0.2) is 0 Å². The van der Waals surface area contributed by atoms with Crippen molar-refractivity contribution in [3.63, 3.8) is 0 Å². The van der Waals surface area contributed by atoms with Crippen molar-refractivity contribution in [1.82, 2.24) is 9.55 Å². The second kappa shape index (κ2) is 5.44. The summed E-state index contributed by atoms with van der Waals surface area (Å²) in [6, 6.07) is 8.01. The first kappa shape index (κ1) is 13.0.